The van der Waals surface area contributed by atoms with Gasteiger partial charge in [-0.15, -0.1) is 11.3 Å². The molecule has 3 nitrogen and oxygen atoms in total. The summed E-state index contributed by atoms with van der Waals surface area (Å²) in [5.41, 5.74) is 1.40. The molecule has 96 valence electrons. The van der Waals surface area contributed by atoms with Crippen molar-refractivity contribution >= 4 is 39.0 Å². The lowest BCUT2D eigenvalue weighted by Crippen LogP contribution is -2.27. The summed E-state index contributed by atoms with van der Waals surface area (Å²) in [7, 11) is 0. The Kier molecular flexibility index (Phi) is 2.75. The second-order valence-corrected chi connectivity index (χ2v) is 7.18. The number of nitrogens with one attached hydrogen (secondary N) is 1. The van der Waals surface area contributed by atoms with Gasteiger partial charge < -0.3 is 5.32 Å². The van der Waals surface area contributed by atoms with Crippen molar-refractivity contribution in [3.05, 3.63) is 15.7 Å². The van der Waals surface area contributed by atoms with E-state index in [0.29, 0.717) is 5.28 Å². The Bertz CT molecular complexity index is 613. The summed E-state index contributed by atoms with van der Waals surface area (Å²) in [4.78, 5) is 11.2. The van der Waals surface area contributed by atoms with Crippen molar-refractivity contribution < 1.29 is 0 Å². The zero-order valence-corrected chi connectivity index (χ0v) is 12.4. The van der Waals surface area contributed by atoms with E-state index in [9.17, 15) is 0 Å². The number of fused-ring (bicyclic) bond motifs is 3. The van der Waals surface area contributed by atoms with Gasteiger partial charge in [0.2, 0.25) is 5.28 Å². The van der Waals surface area contributed by atoms with E-state index in [-0.39, 0.29) is 5.54 Å². The van der Waals surface area contributed by atoms with Gasteiger partial charge in [-0.25, -0.2) is 9.97 Å². The SMILES string of the molecule is CC(C)(C)Nc1nc(Cl)nc2sc3c(c12)CCC3. The van der Waals surface area contributed by atoms with Gasteiger partial charge in [0.25, 0.3) is 0 Å². The van der Waals surface area contributed by atoms with Gasteiger partial charge in [0.15, 0.2) is 0 Å². The predicted octanol–water partition coefficient (Wildman–Crippen LogP) is 4.04. The Morgan fingerprint density at radius 3 is 2.72 bits per heavy atom. The van der Waals surface area contributed by atoms with Crippen molar-refractivity contribution in [2.75, 3.05) is 5.32 Å². The topological polar surface area (TPSA) is 37.8 Å². The highest BCUT2D eigenvalue weighted by molar-refractivity contribution is 7.19. The van der Waals surface area contributed by atoms with Crippen molar-refractivity contribution in [3.8, 4) is 0 Å². The second-order valence-electron chi connectivity index (χ2n) is 5.75. The van der Waals surface area contributed by atoms with Gasteiger partial charge >= 0.3 is 0 Å². The maximum Gasteiger partial charge on any atom is 0.225 e. The number of aromatic nitrogens is 2. The molecule has 0 bridgehead atoms. The minimum absolute atomic E-state index is 0.0297. The minimum Gasteiger partial charge on any atom is -0.365 e. The summed E-state index contributed by atoms with van der Waals surface area (Å²) in [6.07, 6.45) is 3.55. The number of anilines is 1. The Morgan fingerprint density at radius 2 is 2.00 bits per heavy atom. The van der Waals surface area contributed by atoms with Crippen LogP contribution in [0.5, 0.6) is 0 Å². The fourth-order valence-electron chi connectivity index (χ4n) is 2.42. The average molecular weight is 282 g/mol. The van der Waals surface area contributed by atoms with Gasteiger partial charge in [-0.1, -0.05) is 0 Å². The largest absolute Gasteiger partial charge is 0.365 e. The number of hydrogen-bond donors (Lipinski definition) is 1. The minimum atomic E-state index is -0.0297. The first-order chi connectivity index (χ1) is 8.44. The molecule has 0 aliphatic heterocycles. The van der Waals surface area contributed by atoms with Crippen LogP contribution in [0, 0.1) is 0 Å². The number of nitrogens with zero attached hydrogens (tertiary/aromatic N) is 2. The van der Waals surface area contributed by atoms with Gasteiger partial charge in [-0.05, 0) is 57.2 Å². The quantitative estimate of drug-likeness (QED) is 0.802. The Morgan fingerprint density at radius 1 is 1.22 bits per heavy atom. The summed E-state index contributed by atoms with van der Waals surface area (Å²) >= 11 is 7.79. The lowest BCUT2D eigenvalue weighted by molar-refractivity contribution is 0.631. The molecule has 2 aromatic heterocycles. The predicted molar refractivity (Wildman–Crippen MR) is 77.8 cm³/mol. The van der Waals surface area contributed by atoms with Gasteiger partial charge in [0.05, 0.1) is 5.39 Å². The molecule has 0 atom stereocenters. The van der Waals surface area contributed by atoms with E-state index in [1.54, 1.807) is 11.3 Å². The molecule has 3 rings (SSSR count). The van der Waals surface area contributed by atoms with Gasteiger partial charge in [0.1, 0.15) is 10.6 Å². The van der Waals surface area contributed by atoms with E-state index >= 15 is 0 Å². The standard InChI is InChI=1S/C13H16ClN3S/c1-13(2,3)17-10-9-7-5-4-6-8(7)18-11(9)16-12(14)15-10/h4-6H2,1-3H3,(H,15,16,17). The van der Waals surface area contributed by atoms with E-state index < -0.39 is 0 Å². The summed E-state index contributed by atoms with van der Waals surface area (Å²) in [6.45, 7) is 6.38. The zero-order chi connectivity index (χ0) is 12.9. The molecule has 0 amide bonds. The second kappa shape index (κ2) is 4.07. The first-order valence-corrected chi connectivity index (χ1v) is 7.39. The Hall–Kier alpha value is -0.870. The normalized spacial score (nSPS) is 15.1. The Balaban J connectivity index is 2.22. The molecule has 0 aromatic carbocycles. The molecule has 0 saturated heterocycles. The molecular weight excluding hydrogens is 266 g/mol. The van der Waals surface area contributed by atoms with Crippen molar-refractivity contribution in [1.29, 1.82) is 0 Å². The fourth-order valence-corrected chi connectivity index (χ4v) is 3.90. The molecule has 0 spiro atoms. The van der Waals surface area contributed by atoms with Crippen LogP contribution in [0.1, 0.15) is 37.6 Å². The molecule has 1 aliphatic rings. The maximum atomic E-state index is 6.02. The molecule has 0 unspecified atom stereocenters. The highest BCUT2D eigenvalue weighted by atomic mass is 35.5. The van der Waals surface area contributed by atoms with Crippen LogP contribution in [0.2, 0.25) is 5.28 Å². The number of thiophene rings is 1. The molecular formula is C13H16ClN3S. The molecule has 2 aromatic rings. The molecule has 18 heavy (non-hydrogen) atoms. The van der Waals surface area contributed by atoms with Gasteiger partial charge in [-0.3, -0.25) is 0 Å². The number of aryl methyl sites for hydroxylation is 2. The first kappa shape index (κ1) is 12.2. The molecule has 5 heteroatoms. The van der Waals surface area contributed by atoms with Crippen molar-refractivity contribution in [3.63, 3.8) is 0 Å². The highest BCUT2D eigenvalue weighted by Gasteiger charge is 2.23. The van der Waals surface area contributed by atoms with Crippen LogP contribution in [-0.2, 0) is 12.8 Å². The average Bonchev–Trinajstić information content (AvgIpc) is 2.72. The molecule has 0 saturated carbocycles. The zero-order valence-electron chi connectivity index (χ0n) is 10.8. The summed E-state index contributed by atoms with van der Waals surface area (Å²) in [5, 5.41) is 4.97. The fraction of sp³-hybridized carbons (Fsp3) is 0.538. The van der Waals surface area contributed by atoms with Crippen LogP contribution in [0.25, 0.3) is 10.2 Å². The summed E-state index contributed by atoms with van der Waals surface area (Å²) in [6, 6.07) is 0. The van der Waals surface area contributed by atoms with Crippen molar-refractivity contribution in [2.45, 2.75) is 45.6 Å². The van der Waals surface area contributed by atoms with Crippen LogP contribution < -0.4 is 5.32 Å². The number of halogens is 1. The Labute approximate surface area is 116 Å². The lowest BCUT2D eigenvalue weighted by Gasteiger charge is -2.22. The summed E-state index contributed by atoms with van der Waals surface area (Å²) < 4.78 is 0. The highest BCUT2D eigenvalue weighted by Crippen LogP contribution is 2.40. The van der Waals surface area contributed by atoms with Crippen LogP contribution in [0.4, 0.5) is 5.82 Å². The van der Waals surface area contributed by atoms with Gasteiger partial charge in [-0.2, -0.15) is 0 Å². The van der Waals surface area contributed by atoms with Crippen LogP contribution in [0.3, 0.4) is 0 Å². The van der Waals surface area contributed by atoms with Gasteiger partial charge in [0, 0.05) is 10.4 Å². The third-order valence-corrected chi connectivity index (χ3v) is 4.39. The van der Waals surface area contributed by atoms with Crippen molar-refractivity contribution in [1.82, 2.24) is 9.97 Å². The number of hydrogen-bond acceptors (Lipinski definition) is 4. The smallest absolute Gasteiger partial charge is 0.225 e. The van der Waals surface area contributed by atoms with Crippen molar-refractivity contribution in [2.24, 2.45) is 0 Å². The lowest BCUT2D eigenvalue weighted by atomic mass is 10.1. The third-order valence-electron chi connectivity index (χ3n) is 3.03. The number of rotatable bonds is 1. The summed E-state index contributed by atoms with van der Waals surface area (Å²) in [5.74, 6) is 0.886. The van der Waals surface area contributed by atoms with Crippen LogP contribution >= 0.6 is 22.9 Å². The van der Waals surface area contributed by atoms with E-state index in [2.05, 4.69) is 36.1 Å². The van der Waals surface area contributed by atoms with E-state index in [1.807, 2.05) is 0 Å². The van der Waals surface area contributed by atoms with E-state index in [4.69, 9.17) is 11.6 Å². The van der Waals surface area contributed by atoms with E-state index in [1.165, 1.54) is 28.7 Å². The monoisotopic (exact) mass is 281 g/mol. The van der Waals surface area contributed by atoms with Crippen LogP contribution in [-0.4, -0.2) is 15.5 Å². The van der Waals surface area contributed by atoms with E-state index in [0.717, 1.165) is 17.1 Å². The molecule has 1 aliphatic carbocycles. The molecule has 0 radical (unpaired) electrons. The molecule has 0 fully saturated rings. The maximum absolute atomic E-state index is 6.02. The molecule has 2 heterocycles. The first-order valence-electron chi connectivity index (χ1n) is 6.20. The third kappa shape index (κ3) is 2.08. The van der Waals surface area contributed by atoms with Crippen LogP contribution in [0.15, 0.2) is 0 Å². The molecule has 1 N–H and O–H groups in total.